The highest BCUT2D eigenvalue weighted by atomic mass is 15.0. The molecule has 25 rings (SSSR count). The Bertz CT molecular complexity index is 5210. The van der Waals surface area contributed by atoms with Gasteiger partial charge < -0.3 is 0 Å². The molecular formula is C96H87B5N14+6. The van der Waals surface area contributed by atoms with Crippen LogP contribution < -0.4 is 110 Å². The summed E-state index contributed by atoms with van der Waals surface area (Å²) < 4.78 is 13.5. The molecule has 10 aliphatic rings. The predicted molar refractivity (Wildman–Crippen MR) is 456 cm³/mol. The molecule has 0 N–H and O–H groups in total. The minimum absolute atomic E-state index is 0.228. The number of aryl methyl sites for hydroxylation is 10. The van der Waals surface area contributed by atoms with Gasteiger partial charge in [0.25, 0.3) is 6.33 Å². The minimum atomic E-state index is 0.228. The van der Waals surface area contributed by atoms with Crippen molar-refractivity contribution in [3.8, 4) is 0 Å². The maximum absolute atomic E-state index is 4.74. The molecule has 0 saturated heterocycles. The van der Waals surface area contributed by atoms with Crippen molar-refractivity contribution in [3.63, 3.8) is 0 Å². The Morgan fingerprint density at radius 3 is 0.913 bits per heavy atom. The smallest absolute Gasteiger partial charge is 0.261 e. The van der Waals surface area contributed by atoms with Crippen LogP contribution in [0.15, 0.2) is 226 Å². The van der Waals surface area contributed by atoms with Crippen molar-refractivity contribution < 1.29 is 27.4 Å². The molecule has 3 aromatic carbocycles. The van der Waals surface area contributed by atoms with Gasteiger partial charge in [0.15, 0.2) is 59.0 Å². The summed E-state index contributed by atoms with van der Waals surface area (Å²) in [6.45, 7) is 10.4. The van der Waals surface area contributed by atoms with Gasteiger partial charge in [-0.05, 0) is 172 Å². The molecule has 19 heteroatoms. The summed E-state index contributed by atoms with van der Waals surface area (Å²) in [5.41, 5.74) is 53.8. The Labute approximate surface area is 674 Å². The zero-order chi connectivity index (χ0) is 77.8. The van der Waals surface area contributed by atoms with Crippen molar-refractivity contribution >= 4 is 116 Å². The third-order valence-corrected chi connectivity index (χ3v) is 26.9. The second kappa shape index (κ2) is 27.7. The maximum atomic E-state index is 4.74. The molecule has 0 spiro atoms. The maximum Gasteiger partial charge on any atom is 0.410 e. The Kier molecular flexibility index (Phi) is 17.0. The molecule has 0 unspecified atom stereocenters. The van der Waals surface area contributed by atoms with E-state index in [1.54, 1.807) is 0 Å². The van der Waals surface area contributed by atoms with Crippen molar-refractivity contribution in [3.05, 3.63) is 361 Å². The minimum Gasteiger partial charge on any atom is -0.261 e. The molecule has 14 nitrogen and oxygen atoms in total. The molecule has 22 heterocycles. The van der Waals surface area contributed by atoms with Gasteiger partial charge in [0.05, 0.1) is 18.8 Å². The van der Waals surface area contributed by atoms with Gasteiger partial charge in [-0.3, -0.25) is 29.9 Å². The Morgan fingerprint density at radius 2 is 0.487 bits per heavy atom. The highest BCUT2D eigenvalue weighted by Crippen LogP contribution is 2.28. The molecule has 0 amide bonds. The predicted octanol–water partition coefficient (Wildman–Crippen LogP) is -0.603. The number of rotatable bonds is 0. The fourth-order valence-electron chi connectivity index (χ4n) is 22.1. The van der Waals surface area contributed by atoms with Crippen molar-refractivity contribution in [2.45, 2.75) is 91.9 Å². The van der Waals surface area contributed by atoms with Gasteiger partial charge in [0, 0.05) is 181 Å². The van der Waals surface area contributed by atoms with Crippen LogP contribution in [0.5, 0.6) is 0 Å². The Morgan fingerprint density at radius 1 is 0.217 bits per heavy atom. The van der Waals surface area contributed by atoms with Crippen LogP contribution in [0, 0.1) is 27.7 Å². The molecule has 0 aliphatic carbocycles. The third-order valence-electron chi connectivity index (χ3n) is 26.9. The fourth-order valence-corrected chi connectivity index (χ4v) is 22.1. The van der Waals surface area contributed by atoms with Gasteiger partial charge >= 0.3 is 20.1 Å². The molecular weight excluding hydrogens is 1400 g/mol. The quantitative estimate of drug-likeness (QED) is 0.146. The van der Waals surface area contributed by atoms with E-state index in [4.69, 9.17) is 29.9 Å². The Balaban J connectivity index is 0.0000000900. The van der Waals surface area contributed by atoms with Gasteiger partial charge in [-0.25, -0.2) is 32.4 Å². The van der Waals surface area contributed by atoms with Crippen molar-refractivity contribution in [2.24, 2.45) is 42.3 Å². The first-order valence-electron chi connectivity index (χ1n) is 40.8. The second-order valence-electron chi connectivity index (χ2n) is 33.4. The van der Waals surface area contributed by atoms with Crippen LogP contribution in [0.4, 0.5) is 0 Å². The van der Waals surface area contributed by atoms with Gasteiger partial charge in [0.1, 0.15) is 47.1 Å². The number of aromatic nitrogens is 14. The largest absolute Gasteiger partial charge is 0.410 e. The zero-order valence-electron chi connectivity index (χ0n) is 67.1. The van der Waals surface area contributed by atoms with Crippen LogP contribution in [0.1, 0.15) is 134 Å². The highest BCUT2D eigenvalue weighted by Gasteiger charge is 2.52. The number of nitrogens with zero attached hydrogens (tertiary/aromatic N) is 14. The summed E-state index contributed by atoms with van der Waals surface area (Å²) in [6, 6.07) is 50.8. The van der Waals surface area contributed by atoms with Crippen LogP contribution in [-0.4, -0.2) is 73.4 Å². The molecule has 0 fully saturated rings. The van der Waals surface area contributed by atoms with Crippen LogP contribution in [0.3, 0.4) is 0 Å². The molecule has 0 bridgehead atoms. The lowest BCUT2D eigenvalue weighted by Crippen LogP contribution is -2.75. The van der Waals surface area contributed by atoms with Crippen LogP contribution in [-0.2, 0) is 106 Å². The van der Waals surface area contributed by atoms with E-state index in [-0.39, 0.29) is 13.4 Å². The summed E-state index contributed by atoms with van der Waals surface area (Å²) >= 11 is 0. The van der Waals surface area contributed by atoms with Gasteiger partial charge in [-0.2, -0.15) is 0 Å². The van der Waals surface area contributed by atoms with Gasteiger partial charge in [-0.1, -0.05) is 98.2 Å². The molecule has 0 atom stereocenters. The van der Waals surface area contributed by atoms with Crippen LogP contribution in [0.25, 0.3) is 0 Å². The second-order valence-corrected chi connectivity index (χ2v) is 33.4. The normalized spacial score (nSPS) is 14.1. The lowest BCUT2D eigenvalue weighted by atomic mass is 9.30. The fraction of sp³-hybridized carbons (Fsp3) is 0.208. The van der Waals surface area contributed by atoms with E-state index in [1.807, 2.05) is 55.9 Å². The molecule has 10 aliphatic heterocycles. The lowest BCUT2D eigenvalue weighted by molar-refractivity contribution is -0.660. The first kappa shape index (κ1) is 70.5. The Hall–Kier alpha value is -12.4. The first-order chi connectivity index (χ1) is 56.2. The molecule has 12 aromatic heterocycles. The lowest BCUT2D eigenvalue weighted by Gasteiger charge is -2.35. The average molecular weight is 1490 g/mol. The van der Waals surface area contributed by atoms with E-state index in [0.717, 1.165) is 64.2 Å². The molecule has 115 heavy (non-hydrogen) atoms. The van der Waals surface area contributed by atoms with E-state index < -0.39 is 0 Å². The average Bonchev–Trinajstić information content (AvgIpc) is 0.747. The standard InChI is InChI=1S/C21H18BN.C20H17BN2.C19H18BN3.2C18H17BN4/c1-13-5-3-7-15-11-17-9-10-23-18-12-16-8-4-6-14(2)20(16)22(19(13)15)21(17)18;1-12-4-3-5-14-10-17-20-15(7-9-23-17)11-16-19(21(20)18(12)14)13(2)6-8-22-16;1-22-9-3-5-14-11-13-7-8-21-16-12-15-6-4-10-23(2)19(15)20(17(13)16)18(14)22;1-22-8-3-4-13-11-14-16-12(5-6-20-14)10-15-18(19(16)17(13)22)23(2)9-7-21-15;1-22-7-3-4-13-9-15-16-12(5-6-21-15)8-14-10-20-11-23(2)18(14)19(16)17(13)22/h3-10H,11-12H2,1-2H3;3-9H,10-11H2,1-2H3;3-10H,11-12H2,1-2H3;3-9H,10-11H2,1-2H3;3-7,10-11H,8-9H2,1-2H3/q;;3*+2. The number of fused-ring (bicyclic) bond motifs is 20. The molecule has 0 radical (unpaired) electrons. The summed E-state index contributed by atoms with van der Waals surface area (Å²) in [6.07, 6.45) is 37.8. The number of hydrogen-bond donors (Lipinski definition) is 0. The van der Waals surface area contributed by atoms with E-state index in [2.05, 4.69) is 278 Å². The summed E-state index contributed by atoms with van der Waals surface area (Å²) in [5.74, 6) is 0. The molecule has 15 aromatic rings. The summed E-state index contributed by atoms with van der Waals surface area (Å²) in [5, 5.41) is 0. The van der Waals surface area contributed by atoms with E-state index in [1.165, 1.54) is 217 Å². The van der Waals surface area contributed by atoms with Gasteiger partial charge in [-0.15, -0.1) is 0 Å². The topological polar surface area (TPSA) is 126 Å². The van der Waals surface area contributed by atoms with Crippen molar-refractivity contribution in [2.75, 3.05) is 0 Å². The van der Waals surface area contributed by atoms with E-state index in [0.29, 0.717) is 20.1 Å². The SMILES string of the molecule is C[n+]1cccc2c1B1c3c(ccnc3C2)Cc2ncc[n+](C)c21.C[n+]1cccc2c1B1c3c(ccnc3Cc3ccc[n+](C)c31)C2.C[n+]1cncc2c1B1c3c(ccnc3Cc3ccc[n+](C)c31)C2.Cc1cccc2c1B1c3c(C)cccc3Cc3nccc(c31)C2.Cc1cccc2c1B1c3c(C)ccnc3Cc3ccnc(c31)C2. The monoisotopic (exact) mass is 1490 g/mol. The van der Waals surface area contributed by atoms with Crippen molar-refractivity contribution in [1.29, 1.82) is 0 Å². The van der Waals surface area contributed by atoms with Gasteiger partial charge in [0.2, 0.25) is 13.4 Å². The van der Waals surface area contributed by atoms with Crippen molar-refractivity contribution in [1.82, 2.24) is 39.9 Å². The summed E-state index contributed by atoms with van der Waals surface area (Å²) in [4.78, 5) is 37.4. The molecule has 550 valence electrons. The zero-order valence-corrected chi connectivity index (χ0v) is 67.1. The third kappa shape index (κ3) is 11.4. The molecule has 0 saturated carbocycles. The number of benzene rings is 3. The van der Waals surface area contributed by atoms with Crippen LogP contribution in [0.2, 0.25) is 0 Å². The highest BCUT2D eigenvalue weighted by molar-refractivity contribution is 6.99. The van der Waals surface area contributed by atoms with E-state index in [9.17, 15) is 0 Å². The van der Waals surface area contributed by atoms with E-state index >= 15 is 0 Å². The first-order valence-corrected chi connectivity index (χ1v) is 40.8. The number of pyridine rings is 10. The number of hydrogen-bond acceptors (Lipinski definition) is 8. The van der Waals surface area contributed by atoms with Crippen LogP contribution >= 0.6 is 0 Å². The summed E-state index contributed by atoms with van der Waals surface area (Å²) in [7, 11) is 12.8.